The fourth-order valence-corrected chi connectivity index (χ4v) is 0.425. The van der Waals surface area contributed by atoms with E-state index in [9.17, 15) is 4.79 Å². The molecule has 0 aliphatic heterocycles. The van der Waals surface area contributed by atoms with Gasteiger partial charge in [0.1, 0.15) is 0 Å². The molecule has 54 valence electrons. The summed E-state index contributed by atoms with van der Waals surface area (Å²) in [4.78, 5) is 10.3. The number of hydrogen-bond donors (Lipinski definition) is 1. The van der Waals surface area contributed by atoms with E-state index in [1.54, 1.807) is 0 Å². The third-order valence-electron chi connectivity index (χ3n) is 0.713. The first-order valence-corrected chi connectivity index (χ1v) is 3.34. The molecule has 0 atom stereocenters. The van der Waals surface area contributed by atoms with Crippen molar-refractivity contribution in [2.75, 3.05) is 12.4 Å². The normalized spacial score (nSPS) is 7.70. The van der Waals surface area contributed by atoms with E-state index >= 15 is 0 Å². The van der Waals surface area contributed by atoms with Gasteiger partial charge in [0.25, 0.3) is 0 Å². The van der Waals surface area contributed by atoms with Gasteiger partial charge in [0.15, 0.2) is 0 Å². The van der Waals surface area contributed by atoms with Crippen molar-refractivity contribution in [3.05, 3.63) is 12.7 Å². The van der Waals surface area contributed by atoms with Gasteiger partial charge in [-0.2, -0.15) is 12.6 Å². The van der Waals surface area contributed by atoms with Crippen LogP contribution in [0.4, 0.5) is 0 Å². The van der Waals surface area contributed by atoms with Crippen LogP contribution in [0.15, 0.2) is 12.7 Å². The van der Waals surface area contributed by atoms with Gasteiger partial charge in [-0.05, 0) is 12.2 Å². The minimum absolute atomic E-state index is 0. The predicted octanol–water partition coefficient (Wildman–Crippen LogP) is 0.387. The molecule has 0 N–H and O–H groups in total. The first kappa shape index (κ1) is 13.8. The van der Waals surface area contributed by atoms with E-state index in [-0.39, 0.29) is 57.4 Å². The van der Waals surface area contributed by atoms with Crippen LogP contribution in [0.2, 0.25) is 0 Å². The molecule has 0 saturated carbocycles. The molecule has 0 spiro atoms. The summed E-state index contributed by atoms with van der Waals surface area (Å²) in [6, 6.07) is 0. The first-order chi connectivity index (χ1) is 4.31. The second-order valence-electron chi connectivity index (χ2n) is 1.45. The van der Waals surface area contributed by atoms with Gasteiger partial charge in [0.05, 0.1) is 6.61 Å². The zero-order valence-electron chi connectivity index (χ0n) is 5.17. The maximum absolute atomic E-state index is 10.3. The zero-order chi connectivity index (χ0) is 7.11. The quantitative estimate of drug-likeness (QED) is 0.226. The maximum atomic E-state index is 10.3. The minimum atomic E-state index is -0.364. The number of hydrogen-bond acceptors (Lipinski definition) is 3. The summed E-state index contributed by atoms with van der Waals surface area (Å²) >= 11 is 3.94. The van der Waals surface area contributed by atoms with Gasteiger partial charge in [0, 0.05) is 6.08 Å². The Labute approximate surface area is 109 Å². The first-order valence-electron chi connectivity index (χ1n) is 2.71. The summed E-state index contributed by atoms with van der Waals surface area (Å²) in [6.07, 6.45) is 1.95. The van der Waals surface area contributed by atoms with E-state index in [2.05, 4.69) is 23.9 Å². The molecule has 0 radical (unpaired) electrons. The molecule has 0 aliphatic rings. The van der Waals surface area contributed by atoms with Gasteiger partial charge in [-0.25, -0.2) is 4.79 Å². The predicted molar refractivity (Wildman–Crippen MR) is 46.8 cm³/mol. The number of ether oxygens (including phenoxy) is 1. The molecule has 4 heteroatoms. The Morgan fingerprint density at radius 3 is 2.70 bits per heavy atom. The molecule has 0 rings (SSSR count). The van der Waals surface area contributed by atoms with Crippen molar-refractivity contribution >= 4 is 70.0 Å². The number of carbonyl (C=O) groups excluding carboxylic acids is 1. The Morgan fingerprint density at radius 1 is 1.70 bits per heavy atom. The number of thiol groups is 1. The molecule has 0 heterocycles. The van der Waals surface area contributed by atoms with Crippen molar-refractivity contribution in [3.63, 3.8) is 0 Å². The fourth-order valence-electron chi connectivity index (χ4n) is 0.296. The topological polar surface area (TPSA) is 26.3 Å². The Morgan fingerprint density at radius 2 is 2.30 bits per heavy atom. The van der Waals surface area contributed by atoms with Crippen molar-refractivity contribution in [2.24, 2.45) is 0 Å². The molecule has 0 aliphatic carbocycles. The molecule has 0 aromatic carbocycles. The average molecular weight is 186 g/mol. The molecule has 0 saturated heterocycles. The van der Waals surface area contributed by atoms with Crippen LogP contribution >= 0.6 is 12.6 Å². The van der Waals surface area contributed by atoms with E-state index in [1.807, 2.05) is 0 Å². The van der Waals surface area contributed by atoms with Crippen LogP contribution in [-0.2, 0) is 9.53 Å². The fraction of sp³-hybridized carbons (Fsp3) is 0.500. The molecule has 0 bridgehead atoms. The van der Waals surface area contributed by atoms with Crippen molar-refractivity contribution in [2.45, 2.75) is 6.42 Å². The summed E-state index contributed by atoms with van der Waals surface area (Å²) in [6.45, 7) is 3.68. The third kappa shape index (κ3) is 9.20. The molecule has 0 fully saturated rings. The average Bonchev–Trinajstić information content (AvgIpc) is 1.89. The molecule has 0 aromatic heterocycles. The Hall–Kier alpha value is 1.20. The van der Waals surface area contributed by atoms with Gasteiger partial charge in [-0.3, -0.25) is 0 Å². The molecule has 0 amide bonds. The van der Waals surface area contributed by atoms with Gasteiger partial charge in [-0.1, -0.05) is 6.58 Å². The van der Waals surface area contributed by atoms with Crippen molar-refractivity contribution in [1.29, 1.82) is 0 Å². The van der Waals surface area contributed by atoms with Crippen molar-refractivity contribution < 1.29 is 9.53 Å². The van der Waals surface area contributed by atoms with Gasteiger partial charge in [-0.15, -0.1) is 0 Å². The van der Waals surface area contributed by atoms with Crippen molar-refractivity contribution in [3.8, 4) is 0 Å². The van der Waals surface area contributed by atoms with Crippen LogP contribution in [0.25, 0.3) is 0 Å². The van der Waals surface area contributed by atoms with E-state index in [0.29, 0.717) is 6.61 Å². The van der Waals surface area contributed by atoms with Crippen LogP contribution in [-0.4, -0.2) is 69.7 Å². The molecule has 0 unspecified atom stereocenters. The Balaban J connectivity index is 0. The Kier molecular flexibility index (Phi) is 14.0. The summed E-state index contributed by atoms with van der Waals surface area (Å²) < 4.78 is 4.63. The second kappa shape index (κ2) is 10.2. The van der Waals surface area contributed by atoms with E-state index in [1.165, 1.54) is 0 Å². The number of carbonyl (C=O) groups is 1. The van der Waals surface area contributed by atoms with E-state index in [0.717, 1.165) is 18.2 Å². The van der Waals surface area contributed by atoms with E-state index in [4.69, 9.17) is 0 Å². The monoisotopic (exact) mass is 186 g/mol. The van der Waals surface area contributed by atoms with Crippen LogP contribution in [0.5, 0.6) is 0 Å². The molecular formula is C6H11KO2S. The van der Waals surface area contributed by atoms with Crippen LogP contribution in [0, 0.1) is 0 Å². The second-order valence-corrected chi connectivity index (χ2v) is 1.90. The molecule has 0 aromatic rings. The summed E-state index contributed by atoms with van der Waals surface area (Å²) in [5.41, 5.74) is 0. The summed E-state index contributed by atoms with van der Waals surface area (Å²) in [7, 11) is 0. The van der Waals surface area contributed by atoms with Gasteiger partial charge in [0.2, 0.25) is 0 Å². The zero-order valence-corrected chi connectivity index (χ0v) is 6.06. The summed E-state index contributed by atoms with van der Waals surface area (Å²) in [5.74, 6) is 0.376. The summed E-state index contributed by atoms with van der Waals surface area (Å²) in [5, 5.41) is 0. The Bertz CT molecular complexity index is 106. The van der Waals surface area contributed by atoms with Gasteiger partial charge < -0.3 is 4.74 Å². The van der Waals surface area contributed by atoms with Crippen LogP contribution < -0.4 is 0 Å². The van der Waals surface area contributed by atoms with Crippen LogP contribution in [0.1, 0.15) is 6.42 Å². The third-order valence-corrected chi connectivity index (χ3v) is 1.03. The SMILES string of the molecule is C=CC(=O)OCCCS.[KH]. The van der Waals surface area contributed by atoms with Crippen molar-refractivity contribution in [1.82, 2.24) is 0 Å². The molecule has 10 heavy (non-hydrogen) atoms. The molecular weight excluding hydrogens is 175 g/mol. The van der Waals surface area contributed by atoms with Gasteiger partial charge >= 0.3 is 57.4 Å². The number of esters is 1. The van der Waals surface area contributed by atoms with Crippen LogP contribution in [0.3, 0.4) is 0 Å². The standard InChI is InChI=1S/C6H10O2S.K.H/c1-2-6(7)8-4-3-5-9;;/h2,9H,1,3-5H2;;. The molecule has 2 nitrogen and oxygen atoms in total. The van der Waals surface area contributed by atoms with E-state index < -0.39 is 0 Å². The number of rotatable bonds is 4.